The lowest BCUT2D eigenvalue weighted by Crippen LogP contribution is -2.18. The van der Waals surface area contributed by atoms with Gasteiger partial charge in [0.05, 0.1) is 5.69 Å². The molecule has 1 aromatic carbocycles. The molecule has 0 bridgehead atoms. The Kier molecular flexibility index (Phi) is 2.74. The second kappa shape index (κ2) is 4.21. The maximum atomic E-state index is 13.6. The van der Waals surface area contributed by atoms with E-state index in [1.54, 1.807) is 30.3 Å². The summed E-state index contributed by atoms with van der Waals surface area (Å²) in [4.78, 5) is 24.3. The van der Waals surface area contributed by atoms with Crippen LogP contribution in [0.4, 0.5) is 4.39 Å². The lowest BCUT2D eigenvalue weighted by molar-refractivity contribution is 0.0694. The fourth-order valence-corrected chi connectivity index (χ4v) is 1.48. The van der Waals surface area contributed by atoms with Crippen LogP contribution in [0, 0.1) is 5.82 Å². The highest BCUT2D eigenvalue weighted by Gasteiger charge is 2.14. The molecule has 0 radical (unpaired) electrons. The molecular weight excluding hydrogens is 225 g/mol. The van der Waals surface area contributed by atoms with E-state index in [0.717, 1.165) is 6.07 Å². The first-order chi connectivity index (χ1) is 8.09. The van der Waals surface area contributed by atoms with Crippen molar-refractivity contribution in [3.05, 3.63) is 58.1 Å². The monoisotopic (exact) mass is 233 g/mol. The largest absolute Gasteiger partial charge is 0.477 e. The molecule has 4 nitrogen and oxygen atoms in total. The van der Waals surface area contributed by atoms with Crippen molar-refractivity contribution in [2.45, 2.75) is 0 Å². The second-order valence-corrected chi connectivity index (χ2v) is 3.41. The predicted molar refractivity (Wildman–Crippen MR) is 59.4 cm³/mol. The standard InChI is InChI=1S/C12H8FNO3/c13-9-6-8(12(16)17)11(15)14-10(9)7-4-2-1-3-5-7/h1-6H,(H,14,15)(H,16,17). The van der Waals surface area contributed by atoms with Gasteiger partial charge >= 0.3 is 5.97 Å². The van der Waals surface area contributed by atoms with Crippen LogP contribution in [0.5, 0.6) is 0 Å². The lowest BCUT2D eigenvalue weighted by Gasteiger charge is -2.03. The van der Waals surface area contributed by atoms with Crippen LogP contribution in [0.3, 0.4) is 0 Å². The fraction of sp³-hybridized carbons (Fsp3) is 0. The Morgan fingerprint density at radius 2 is 1.88 bits per heavy atom. The Morgan fingerprint density at radius 1 is 1.24 bits per heavy atom. The van der Waals surface area contributed by atoms with Gasteiger partial charge < -0.3 is 10.1 Å². The molecule has 0 aliphatic rings. The molecule has 0 atom stereocenters. The third-order valence-corrected chi connectivity index (χ3v) is 2.29. The number of halogens is 1. The second-order valence-electron chi connectivity index (χ2n) is 3.41. The van der Waals surface area contributed by atoms with Gasteiger partial charge in [0.1, 0.15) is 11.4 Å². The van der Waals surface area contributed by atoms with Crippen molar-refractivity contribution in [1.29, 1.82) is 0 Å². The van der Waals surface area contributed by atoms with Gasteiger partial charge in [-0.25, -0.2) is 9.18 Å². The van der Waals surface area contributed by atoms with Gasteiger partial charge in [0.15, 0.2) is 0 Å². The van der Waals surface area contributed by atoms with E-state index in [9.17, 15) is 14.0 Å². The van der Waals surface area contributed by atoms with Gasteiger partial charge in [-0.15, -0.1) is 0 Å². The molecule has 0 aliphatic heterocycles. The number of aromatic carboxylic acids is 1. The Bertz CT molecular complexity index is 619. The van der Waals surface area contributed by atoms with E-state index >= 15 is 0 Å². The van der Waals surface area contributed by atoms with Crippen LogP contribution in [0.25, 0.3) is 11.3 Å². The molecule has 0 amide bonds. The van der Waals surface area contributed by atoms with Gasteiger partial charge in [0.25, 0.3) is 5.56 Å². The van der Waals surface area contributed by atoms with Crippen LogP contribution >= 0.6 is 0 Å². The predicted octanol–water partition coefficient (Wildman–Crippen LogP) is 1.88. The Hall–Kier alpha value is -2.43. The number of hydrogen-bond acceptors (Lipinski definition) is 2. The molecule has 17 heavy (non-hydrogen) atoms. The van der Waals surface area contributed by atoms with Crippen molar-refractivity contribution in [2.24, 2.45) is 0 Å². The summed E-state index contributed by atoms with van der Waals surface area (Å²) >= 11 is 0. The highest BCUT2D eigenvalue weighted by molar-refractivity contribution is 5.87. The quantitative estimate of drug-likeness (QED) is 0.831. The number of aromatic nitrogens is 1. The summed E-state index contributed by atoms with van der Waals surface area (Å²) in [5.41, 5.74) is -0.959. The van der Waals surface area contributed by atoms with E-state index in [4.69, 9.17) is 5.11 Å². The van der Waals surface area contributed by atoms with Gasteiger partial charge in [0.2, 0.25) is 0 Å². The first kappa shape index (κ1) is 11.1. The van der Waals surface area contributed by atoms with Crippen LogP contribution in [-0.4, -0.2) is 16.1 Å². The molecule has 0 aliphatic carbocycles. The van der Waals surface area contributed by atoms with Crippen molar-refractivity contribution in [3.8, 4) is 11.3 Å². The summed E-state index contributed by atoms with van der Waals surface area (Å²) in [6.07, 6.45) is 0. The van der Waals surface area contributed by atoms with Crippen molar-refractivity contribution in [3.63, 3.8) is 0 Å². The van der Waals surface area contributed by atoms with E-state index < -0.39 is 22.9 Å². The average molecular weight is 233 g/mol. The summed E-state index contributed by atoms with van der Waals surface area (Å²) in [7, 11) is 0. The van der Waals surface area contributed by atoms with Gasteiger partial charge in [-0.3, -0.25) is 4.79 Å². The van der Waals surface area contributed by atoms with Crippen molar-refractivity contribution >= 4 is 5.97 Å². The zero-order valence-corrected chi connectivity index (χ0v) is 8.61. The number of carbonyl (C=O) groups is 1. The molecule has 2 aromatic rings. The minimum absolute atomic E-state index is 0.0133. The number of carboxylic acid groups (broad SMARTS) is 1. The minimum Gasteiger partial charge on any atom is -0.477 e. The molecule has 0 unspecified atom stereocenters. The summed E-state index contributed by atoms with van der Waals surface area (Å²) in [5, 5.41) is 8.66. The van der Waals surface area contributed by atoms with Gasteiger partial charge in [-0.05, 0) is 6.07 Å². The maximum absolute atomic E-state index is 13.6. The highest BCUT2D eigenvalue weighted by Crippen LogP contribution is 2.18. The maximum Gasteiger partial charge on any atom is 0.341 e. The topological polar surface area (TPSA) is 70.2 Å². The zero-order valence-electron chi connectivity index (χ0n) is 8.61. The summed E-state index contributed by atoms with van der Waals surface area (Å²) < 4.78 is 13.6. The molecule has 1 heterocycles. The Balaban J connectivity index is 2.63. The van der Waals surface area contributed by atoms with E-state index in [1.165, 1.54) is 0 Å². The fourth-order valence-electron chi connectivity index (χ4n) is 1.48. The molecule has 2 N–H and O–H groups in total. The molecule has 0 spiro atoms. The molecule has 1 aromatic heterocycles. The summed E-state index contributed by atoms with van der Waals surface area (Å²) in [6.45, 7) is 0. The van der Waals surface area contributed by atoms with Gasteiger partial charge in [0, 0.05) is 5.56 Å². The first-order valence-electron chi connectivity index (χ1n) is 4.81. The first-order valence-corrected chi connectivity index (χ1v) is 4.81. The zero-order chi connectivity index (χ0) is 12.4. The van der Waals surface area contributed by atoms with Crippen LogP contribution in [0.1, 0.15) is 10.4 Å². The normalized spacial score (nSPS) is 10.2. The summed E-state index contributed by atoms with van der Waals surface area (Å²) in [5.74, 6) is -2.22. The molecule has 2 rings (SSSR count). The number of nitrogens with one attached hydrogen (secondary N) is 1. The molecule has 0 saturated carbocycles. The molecule has 5 heteroatoms. The number of H-pyrrole nitrogens is 1. The number of pyridine rings is 1. The third kappa shape index (κ3) is 2.08. The van der Waals surface area contributed by atoms with E-state index in [2.05, 4.69) is 4.98 Å². The van der Waals surface area contributed by atoms with Crippen LogP contribution in [0.15, 0.2) is 41.2 Å². The SMILES string of the molecule is O=C(O)c1cc(F)c(-c2ccccc2)[nH]c1=O. The minimum atomic E-state index is -1.45. The van der Waals surface area contributed by atoms with Gasteiger partial charge in [-0.1, -0.05) is 30.3 Å². The van der Waals surface area contributed by atoms with E-state index in [1.807, 2.05) is 0 Å². The molecule has 0 fully saturated rings. The van der Waals surface area contributed by atoms with Crippen LogP contribution in [0.2, 0.25) is 0 Å². The molecule has 86 valence electrons. The smallest absolute Gasteiger partial charge is 0.341 e. The van der Waals surface area contributed by atoms with Crippen molar-refractivity contribution < 1.29 is 14.3 Å². The molecule has 0 saturated heterocycles. The highest BCUT2D eigenvalue weighted by atomic mass is 19.1. The number of rotatable bonds is 2. The third-order valence-electron chi connectivity index (χ3n) is 2.29. The van der Waals surface area contributed by atoms with Crippen LogP contribution < -0.4 is 5.56 Å². The number of benzene rings is 1. The Morgan fingerprint density at radius 3 is 2.47 bits per heavy atom. The van der Waals surface area contributed by atoms with Gasteiger partial charge in [-0.2, -0.15) is 0 Å². The van der Waals surface area contributed by atoms with Crippen molar-refractivity contribution in [2.75, 3.05) is 0 Å². The average Bonchev–Trinajstić information content (AvgIpc) is 2.32. The van der Waals surface area contributed by atoms with E-state index in [-0.39, 0.29) is 5.69 Å². The summed E-state index contributed by atoms with van der Waals surface area (Å²) in [6, 6.07) is 9.11. The molecular formula is C12H8FNO3. The lowest BCUT2D eigenvalue weighted by atomic mass is 10.1. The number of carboxylic acids is 1. The van der Waals surface area contributed by atoms with Crippen molar-refractivity contribution in [1.82, 2.24) is 4.98 Å². The number of hydrogen-bond donors (Lipinski definition) is 2. The van der Waals surface area contributed by atoms with Crippen LogP contribution in [-0.2, 0) is 0 Å². The Labute approximate surface area is 95.4 Å². The van der Waals surface area contributed by atoms with E-state index in [0.29, 0.717) is 5.56 Å². The number of aromatic amines is 1.